The van der Waals surface area contributed by atoms with Crippen molar-refractivity contribution in [1.29, 1.82) is 0 Å². The minimum absolute atomic E-state index is 0.0445. The highest BCUT2D eigenvalue weighted by molar-refractivity contribution is 7.16. The molecular formula is C25H24N2O4S. The Kier molecular flexibility index (Phi) is 5.35. The second-order valence-corrected chi connectivity index (χ2v) is 9.24. The summed E-state index contributed by atoms with van der Waals surface area (Å²) in [5, 5.41) is 7.46. The van der Waals surface area contributed by atoms with Crippen LogP contribution in [-0.2, 0) is 12.8 Å². The maximum absolute atomic E-state index is 12.9. The lowest BCUT2D eigenvalue weighted by Gasteiger charge is -2.27. The first kappa shape index (κ1) is 20.6. The number of thiophene rings is 1. The van der Waals surface area contributed by atoms with Crippen LogP contribution in [0.1, 0.15) is 61.3 Å². The zero-order valence-corrected chi connectivity index (χ0v) is 18.8. The number of nitrogens with one attached hydrogen (secondary N) is 2. The standard InChI is InChI=1S/C25H24N2O4S/c1-14-7-9-15(10-8-14)25(29)31-18-12-11-16(13-19(18)30-2)22-26-23(28)21-17-5-3-4-6-20(17)32-24(21)27-22/h7-13,22,27H,3-6H2,1-2H3,(H,26,28)/t22-/m0/s1. The van der Waals surface area contributed by atoms with Crippen molar-refractivity contribution in [3.63, 3.8) is 0 Å². The van der Waals surface area contributed by atoms with Gasteiger partial charge in [0, 0.05) is 4.88 Å². The van der Waals surface area contributed by atoms with Gasteiger partial charge in [0.2, 0.25) is 0 Å². The van der Waals surface area contributed by atoms with Gasteiger partial charge in [0.25, 0.3) is 5.91 Å². The first-order valence-electron chi connectivity index (χ1n) is 10.7. The molecule has 2 aliphatic rings. The van der Waals surface area contributed by atoms with Crippen molar-refractivity contribution in [2.24, 2.45) is 0 Å². The van der Waals surface area contributed by atoms with E-state index in [4.69, 9.17) is 9.47 Å². The molecule has 5 rings (SSSR count). The molecule has 2 heterocycles. The first-order chi connectivity index (χ1) is 15.5. The smallest absolute Gasteiger partial charge is 0.343 e. The molecular weight excluding hydrogens is 424 g/mol. The fraction of sp³-hybridized carbons (Fsp3) is 0.280. The Bertz CT molecular complexity index is 1200. The van der Waals surface area contributed by atoms with Crippen molar-refractivity contribution in [3.8, 4) is 11.5 Å². The van der Waals surface area contributed by atoms with E-state index in [-0.39, 0.29) is 12.1 Å². The van der Waals surface area contributed by atoms with Gasteiger partial charge in [-0.1, -0.05) is 23.8 Å². The number of benzene rings is 2. The molecule has 1 atom stereocenters. The lowest BCUT2D eigenvalue weighted by atomic mass is 9.94. The van der Waals surface area contributed by atoms with Gasteiger partial charge >= 0.3 is 5.97 Å². The molecule has 32 heavy (non-hydrogen) atoms. The average Bonchev–Trinajstić information content (AvgIpc) is 3.18. The van der Waals surface area contributed by atoms with Crippen LogP contribution in [0.3, 0.4) is 0 Å². The molecule has 0 unspecified atom stereocenters. The third kappa shape index (κ3) is 3.73. The van der Waals surface area contributed by atoms with Crippen LogP contribution < -0.4 is 20.1 Å². The Morgan fingerprint density at radius 2 is 1.81 bits per heavy atom. The third-order valence-electron chi connectivity index (χ3n) is 5.96. The fourth-order valence-electron chi connectivity index (χ4n) is 4.24. The van der Waals surface area contributed by atoms with Crippen LogP contribution in [0.25, 0.3) is 0 Å². The summed E-state index contributed by atoms with van der Waals surface area (Å²) in [6, 6.07) is 12.5. The molecule has 164 valence electrons. The van der Waals surface area contributed by atoms with E-state index >= 15 is 0 Å². The summed E-state index contributed by atoms with van der Waals surface area (Å²) in [6.45, 7) is 1.96. The number of methoxy groups -OCH3 is 1. The number of hydrogen-bond acceptors (Lipinski definition) is 6. The van der Waals surface area contributed by atoms with E-state index in [1.165, 1.54) is 24.0 Å². The third-order valence-corrected chi connectivity index (χ3v) is 7.18. The molecule has 0 saturated heterocycles. The number of carbonyl (C=O) groups is 2. The minimum Gasteiger partial charge on any atom is -0.493 e. The van der Waals surface area contributed by atoms with Crippen LogP contribution in [0.2, 0.25) is 0 Å². The maximum Gasteiger partial charge on any atom is 0.343 e. The molecule has 0 fully saturated rings. The van der Waals surface area contributed by atoms with Crippen molar-refractivity contribution in [2.75, 3.05) is 12.4 Å². The van der Waals surface area contributed by atoms with Crippen LogP contribution >= 0.6 is 11.3 Å². The van der Waals surface area contributed by atoms with E-state index < -0.39 is 5.97 Å². The zero-order chi connectivity index (χ0) is 22.2. The Balaban J connectivity index is 1.38. The van der Waals surface area contributed by atoms with Crippen molar-refractivity contribution < 1.29 is 19.1 Å². The molecule has 0 saturated carbocycles. The SMILES string of the molecule is COc1cc([C@H]2NC(=O)c3c(sc4c3CCCC4)N2)ccc1OC(=O)c1ccc(C)cc1. The number of amides is 1. The molecule has 1 aliphatic carbocycles. The lowest BCUT2D eigenvalue weighted by Crippen LogP contribution is -2.38. The van der Waals surface area contributed by atoms with Gasteiger partial charge < -0.3 is 20.1 Å². The number of hydrogen-bond donors (Lipinski definition) is 2. The van der Waals surface area contributed by atoms with Gasteiger partial charge in [0.1, 0.15) is 11.2 Å². The Morgan fingerprint density at radius 1 is 1.03 bits per heavy atom. The molecule has 0 bridgehead atoms. The Labute approximate surface area is 190 Å². The second kappa shape index (κ2) is 8.31. The van der Waals surface area contributed by atoms with E-state index in [1.807, 2.05) is 25.1 Å². The Morgan fingerprint density at radius 3 is 2.59 bits per heavy atom. The van der Waals surface area contributed by atoms with E-state index in [9.17, 15) is 9.59 Å². The fourth-order valence-corrected chi connectivity index (χ4v) is 5.56. The largest absolute Gasteiger partial charge is 0.493 e. The molecule has 0 spiro atoms. The molecule has 1 aliphatic heterocycles. The number of fused-ring (bicyclic) bond motifs is 3. The number of aryl methyl sites for hydroxylation is 2. The molecule has 0 radical (unpaired) electrons. The highest BCUT2D eigenvalue weighted by Gasteiger charge is 2.32. The molecule has 2 N–H and O–H groups in total. The van der Waals surface area contributed by atoms with Crippen LogP contribution in [0.15, 0.2) is 42.5 Å². The van der Waals surface area contributed by atoms with E-state index in [0.717, 1.165) is 41.0 Å². The average molecular weight is 449 g/mol. The van der Waals surface area contributed by atoms with Crippen LogP contribution in [0.4, 0.5) is 5.00 Å². The quantitative estimate of drug-likeness (QED) is 0.433. The summed E-state index contributed by atoms with van der Waals surface area (Å²) in [5.74, 6) is 0.262. The molecule has 7 heteroatoms. The van der Waals surface area contributed by atoms with Gasteiger partial charge in [-0.05, 0) is 68.0 Å². The minimum atomic E-state index is -0.450. The van der Waals surface area contributed by atoms with Gasteiger partial charge in [0.15, 0.2) is 11.5 Å². The molecule has 1 amide bonds. The summed E-state index contributed by atoms with van der Waals surface area (Å²) in [7, 11) is 1.53. The van der Waals surface area contributed by atoms with Crippen molar-refractivity contribution in [1.82, 2.24) is 5.32 Å². The number of rotatable bonds is 4. The predicted molar refractivity (Wildman–Crippen MR) is 124 cm³/mol. The summed E-state index contributed by atoms with van der Waals surface area (Å²) in [6.07, 6.45) is 3.94. The van der Waals surface area contributed by atoms with Crippen LogP contribution in [0.5, 0.6) is 11.5 Å². The number of esters is 1. The predicted octanol–water partition coefficient (Wildman–Crippen LogP) is 5.02. The second-order valence-electron chi connectivity index (χ2n) is 8.13. The van der Waals surface area contributed by atoms with E-state index in [1.54, 1.807) is 35.6 Å². The molecule has 1 aromatic heterocycles. The highest BCUT2D eigenvalue weighted by atomic mass is 32.1. The van der Waals surface area contributed by atoms with Crippen LogP contribution in [0, 0.1) is 6.92 Å². The Hall–Kier alpha value is -3.32. The summed E-state index contributed by atoms with van der Waals surface area (Å²) < 4.78 is 11.0. The van der Waals surface area contributed by atoms with E-state index in [0.29, 0.717) is 17.1 Å². The monoisotopic (exact) mass is 448 g/mol. The summed E-state index contributed by atoms with van der Waals surface area (Å²) in [4.78, 5) is 26.7. The number of anilines is 1. The molecule has 3 aromatic rings. The van der Waals surface area contributed by atoms with Crippen LogP contribution in [-0.4, -0.2) is 19.0 Å². The number of ether oxygens (including phenoxy) is 2. The van der Waals surface area contributed by atoms with Gasteiger partial charge in [-0.3, -0.25) is 4.79 Å². The van der Waals surface area contributed by atoms with E-state index in [2.05, 4.69) is 10.6 Å². The van der Waals surface area contributed by atoms with Gasteiger partial charge in [0.05, 0.1) is 18.2 Å². The topological polar surface area (TPSA) is 76.7 Å². The molecule has 2 aromatic carbocycles. The normalized spacial score (nSPS) is 16.9. The van der Waals surface area contributed by atoms with Crippen molar-refractivity contribution >= 4 is 28.2 Å². The molecule has 6 nitrogen and oxygen atoms in total. The van der Waals surface area contributed by atoms with Gasteiger partial charge in [-0.15, -0.1) is 11.3 Å². The zero-order valence-electron chi connectivity index (χ0n) is 18.0. The highest BCUT2D eigenvalue weighted by Crippen LogP contribution is 2.42. The number of carbonyl (C=O) groups excluding carboxylic acids is 2. The van der Waals surface area contributed by atoms with Crippen molar-refractivity contribution in [3.05, 3.63) is 75.2 Å². The van der Waals surface area contributed by atoms with Crippen molar-refractivity contribution in [2.45, 2.75) is 38.8 Å². The lowest BCUT2D eigenvalue weighted by molar-refractivity contribution is 0.0729. The van der Waals surface area contributed by atoms with Gasteiger partial charge in [-0.25, -0.2) is 4.79 Å². The summed E-state index contributed by atoms with van der Waals surface area (Å²) >= 11 is 1.69. The first-order valence-corrected chi connectivity index (χ1v) is 11.5. The maximum atomic E-state index is 12.9. The summed E-state index contributed by atoms with van der Waals surface area (Å²) in [5.41, 5.74) is 4.37. The van der Waals surface area contributed by atoms with Gasteiger partial charge in [-0.2, -0.15) is 0 Å².